The molecule has 3 N–H and O–H groups in total. The fraction of sp³-hybridized carbons (Fsp3) is 0.286. The Hall–Kier alpha value is -3.22. The summed E-state index contributed by atoms with van der Waals surface area (Å²) < 4.78 is 13.9. The minimum Gasteiger partial charge on any atom is -0.481 e. The molecule has 0 unspecified atom stereocenters. The van der Waals surface area contributed by atoms with Gasteiger partial charge in [-0.1, -0.05) is 39.0 Å². The molecule has 2 rings (SSSR count). The van der Waals surface area contributed by atoms with Gasteiger partial charge < -0.3 is 15.7 Å². The number of amides is 2. The topological polar surface area (TPSA) is 95.5 Å². The zero-order valence-electron chi connectivity index (χ0n) is 16.0. The smallest absolute Gasteiger partial charge is 0.307 e. The number of carbonyl (C=O) groups is 3. The van der Waals surface area contributed by atoms with Gasteiger partial charge in [-0.05, 0) is 35.4 Å². The summed E-state index contributed by atoms with van der Waals surface area (Å²) in [4.78, 5) is 34.9. The zero-order chi connectivity index (χ0) is 20.9. The molecular weight excluding hydrogens is 363 g/mol. The monoisotopic (exact) mass is 386 g/mol. The van der Waals surface area contributed by atoms with E-state index in [9.17, 15) is 18.8 Å². The lowest BCUT2D eigenvalue weighted by Gasteiger charge is -2.17. The predicted molar refractivity (Wildman–Crippen MR) is 103 cm³/mol. The van der Waals surface area contributed by atoms with Crippen LogP contribution in [0.3, 0.4) is 0 Å². The lowest BCUT2D eigenvalue weighted by Crippen LogP contribution is -2.34. The zero-order valence-corrected chi connectivity index (χ0v) is 16.0. The highest BCUT2D eigenvalue weighted by Crippen LogP contribution is 2.17. The summed E-state index contributed by atoms with van der Waals surface area (Å²) in [6.45, 7) is 5.83. The van der Waals surface area contributed by atoms with E-state index in [0.29, 0.717) is 12.1 Å². The lowest BCUT2D eigenvalue weighted by molar-refractivity contribution is -0.136. The molecule has 0 heterocycles. The largest absolute Gasteiger partial charge is 0.481 e. The van der Waals surface area contributed by atoms with Crippen LogP contribution in [0.15, 0.2) is 42.5 Å². The molecule has 148 valence electrons. The number of halogens is 1. The van der Waals surface area contributed by atoms with Crippen molar-refractivity contribution < 1.29 is 23.9 Å². The Morgan fingerprint density at radius 3 is 2.21 bits per heavy atom. The molecule has 0 bridgehead atoms. The standard InChI is InChI=1S/C21H23FN2O4/c1-21(2,3)20(28)23-12-13-4-6-14(7-5-13)19(27)24-16-9-8-15(10-18(25)26)17(22)11-16/h4-9,11H,10,12H2,1-3H3,(H,23,28)(H,24,27)(H,25,26). The Morgan fingerprint density at radius 1 is 1.04 bits per heavy atom. The average Bonchev–Trinajstić information content (AvgIpc) is 2.61. The average molecular weight is 386 g/mol. The van der Waals surface area contributed by atoms with E-state index in [-0.39, 0.29) is 17.2 Å². The predicted octanol–water partition coefficient (Wildman–Crippen LogP) is 3.37. The third kappa shape index (κ3) is 5.90. The Balaban J connectivity index is 1.98. The van der Waals surface area contributed by atoms with Gasteiger partial charge in [0.05, 0.1) is 6.42 Å². The number of benzene rings is 2. The number of aliphatic carboxylic acids is 1. The van der Waals surface area contributed by atoms with Gasteiger partial charge in [-0.3, -0.25) is 14.4 Å². The molecule has 2 aromatic rings. The van der Waals surface area contributed by atoms with Crippen molar-refractivity contribution in [1.29, 1.82) is 0 Å². The number of nitrogens with one attached hydrogen (secondary N) is 2. The van der Waals surface area contributed by atoms with E-state index in [2.05, 4.69) is 10.6 Å². The maximum atomic E-state index is 13.9. The summed E-state index contributed by atoms with van der Waals surface area (Å²) in [5.74, 6) is -2.31. The van der Waals surface area contributed by atoms with E-state index in [1.807, 2.05) is 20.8 Å². The minimum absolute atomic E-state index is 0.0483. The molecule has 7 heteroatoms. The number of anilines is 1. The molecule has 0 aliphatic rings. The van der Waals surface area contributed by atoms with Crippen LogP contribution in [-0.4, -0.2) is 22.9 Å². The molecule has 0 aromatic heterocycles. The SMILES string of the molecule is CC(C)(C)C(=O)NCc1ccc(C(=O)Nc2ccc(CC(=O)O)c(F)c2)cc1. The van der Waals surface area contributed by atoms with Crippen LogP contribution in [0.5, 0.6) is 0 Å². The first kappa shape index (κ1) is 21.1. The number of rotatable bonds is 6. The maximum absolute atomic E-state index is 13.9. The summed E-state index contributed by atoms with van der Waals surface area (Å²) in [6, 6.07) is 10.6. The second-order valence-corrected chi connectivity index (χ2v) is 7.46. The quantitative estimate of drug-likeness (QED) is 0.709. The lowest BCUT2D eigenvalue weighted by atomic mass is 9.95. The van der Waals surface area contributed by atoms with E-state index in [1.54, 1.807) is 24.3 Å². The van der Waals surface area contributed by atoms with Crippen molar-refractivity contribution in [1.82, 2.24) is 5.32 Å². The van der Waals surface area contributed by atoms with Crippen LogP contribution >= 0.6 is 0 Å². The number of carbonyl (C=O) groups excluding carboxylic acids is 2. The normalized spacial score (nSPS) is 11.0. The minimum atomic E-state index is -1.13. The molecule has 2 aromatic carbocycles. The Bertz CT molecular complexity index is 886. The Morgan fingerprint density at radius 2 is 1.68 bits per heavy atom. The van der Waals surface area contributed by atoms with E-state index < -0.39 is 29.5 Å². The van der Waals surface area contributed by atoms with Crippen LogP contribution in [0.2, 0.25) is 0 Å². The molecule has 0 radical (unpaired) electrons. The van der Waals surface area contributed by atoms with Crippen molar-refractivity contribution in [3.63, 3.8) is 0 Å². The van der Waals surface area contributed by atoms with Crippen LogP contribution in [0.1, 0.15) is 42.3 Å². The van der Waals surface area contributed by atoms with Gasteiger partial charge >= 0.3 is 5.97 Å². The van der Waals surface area contributed by atoms with Crippen molar-refractivity contribution in [3.05, 3.63) is 65.0 Å². The van der Waals surface area contributed by atoms with Crippen molar-refractivity contribution in [3.8, 4) is 0 Å². The van der Waals surface area contributed by atoms with Crippen molar-refractivity contribution >= 4 is 23.5 Å². The van der Waals surface area contributed by atoms with Crippen molar-refractivity contribution in [2.24, 2.45) is 5.41 Å². The van der Waals surface area contributed by atoms with Crippen LogP contribution in [0.4, 0.5) is 10.1 Å². The first-order chi connectivity index (χ1) is 13.1. The molecular formula is C21H23FN2O4. The second kappa shape index (κ2) is 8.65. The molecule has 28 heavy (non-hydrogen) atoms. The summed E-state index contributed by atoms with van der Waals surface area (Å²) in [5.41, 5.74) is 1.03. The van der Waals surface area contributed by atoms with Crippen molar-refractivity contribution in [2.75, 3.05) is 5.32 Å². The van der Waals surface area contributed by atoms with Crippen molar-refractivity contribution in [2.45, 2.75) is 33.7 Å². The van der Waals surface area contributed by atoms with E-state index >= 15 is 0 Å². The van der Waals surface area contributed by atoms with Gasteiger partial charge in [0.2, 0.25) is 5.91 Å². The molecule has 0 fully saturated rings. The van der Waals surface area contributed by atoms with Gasteiger partial charge in [0.25, 0.3) is 5.91 Å². The van der Waals surface area contributed by atoms with E-state index in [4.69, 9.17) is 5.11 Å². The third-order valence-corrected chi connectivity index (χ3v) is 4.00. The highest BCUT2D eigenvalue weighted by atomic mass is 19.1. The highest BCUT2D eigenvalue weighted by Gasteiger charge is 2.20. The second-order valence-electron chi connectivity index (χ2n) is 7.46. The van der Waals surface area contributed by atoms with Gasteiger partial charge in [-0.2, -0.15) is 0 Å². The number of hydrogen-bond acceptors (Lipinski definition) is 3. The van der Waals surface area contributed by atoms with Gasteiger partial charge in [0.1, 0.15) is 5.82 Å². The molecule has 0 aliphatic heterocycles. The molecule has 2 amide bonds. The van der Waals surface area contributed by atoms with E-state index in [0.717, 1.165) is 11.6 Å². The third-order valence-electron chi connectivity index (χ3n) is 4.00. The number of carboxylic acids is 1. The van der Waals surface area contributed by atoms with Gasteiger partial charge in [-0.25, -0.2) is 4.39 Å². The molecule has 0 atom stereocenters. The molecule has 0 saturated heterocycles. The number of carboxylic acid groups (broad SMARTS) is 1. The molecule has 0 saturated carbocycles. The summed E-state index contributed by atoms with van der Waals surface area (Å²) >= 11 is 0. The van der Waals surface area contributed by atoms with Crippen LogP contribution in [0.25, 0.3) is 0 Å². The molecule has 0 aliphatic carbocycles. The fourth-order valence-electron chi connectivity index (χ4n) is 2.36. The summed E-state index contributed by atoms with van der Waals surface area (Å²) in [5, 5.41) is 14.1. The van der Waals surface area contributed by atoms with E-state index in [1.165, 1.54) is 12.1 Å². The fourth-order valence-corrected chi connectivity index (χ4v) is 2.36. The maximum Gasteiger partial charge on any atom is 0.307 e. The van der Waals surface area contributed by atoms with Crippen LogP contribution in [-0.2, 0) is 22.6 Å². The van der Waals surface area contributed by atoms with Gasteiger partial charge in [0, 0.05) is 23.2 Å². The first-order valence-electron chi connectivity index (χ1n) is 8.75. The van der Waals surface area contributed by atoms with Crippen LogP contribution < -0.4 is 10.6 Å². The van der Waals surface area contributed by atoms with Crippen LogP contribution in [0, 0.1) is 11.2 Å². The highest BCUT2D eigenvalue weighted by molar-refractivity contribution is 6.04. The molecule has 0 spiro atoms. The van der Waals surface area contributed by atoms with Gasteiger partial charge in [0.15, 0.2) is 0 Å². The summed E-state index contributed by atoms with van der Waals surface area (Å²) in [6.07, 6.45) is -0.423. The summed E-state index contributed by atoms with van der Waals surface area (Å²) in [7, 11) is 0. The Kier molecular flexibility index (Phi) is 6.51. The molecule has 6 nitrogen and oxygen atoms in total. The number of hydrogen-bond donors (Lipinski definition) is 3. The van der Waals surface area contributed by atoms with Gasteiger partial charge in [-0.15, -0.1) is 0 Å². The first-order valence-corrected chi connectivity index (χ1v) is 8.75. The Labute approximate surface area is 162 Å².